The summed E-state index contributed by atoms with van der Waals surface area (Å²) in [7, 11) is 0. The Morgan fingerprint density at radius 1 is 1.29 bits per heavy atom. The number of aromatic amines is 1. The third kappa shape index (κ3) is 3.25. The lowest BCUT2D eigenvalue weighted by Crippen LogP contribution is -2.51. The zero-order valence-electron chi connectivity index (χ0n) is 14.3. The van der Waals surface area contributed by atoms with Crippen LogP contribution in [0.3, 0.4) is 0 Å². The number of benzene rings is 1. The summed E-state index contributed by atoms with van der Waals surface area (Å²) in [6.45, 7) is 7.10. The molecule has 130 valence electrons. The Balaban J connectivity index is 1.75. The lowest BCUT2D eigenvalue weighted by atomic mass is 10.0. The Bertz CT molecular complexity index is 807. The number of nitrogens with zero attached hydrogens (tertiary/aromatic N) is 2. The van der Waals surface area contributed by atoms with Crippen molar-refractivity contribution < 1.29 is 9.90 Å². The number of rotatable bonds is 1. The molecule has 3 N–H and O–H groups in total. The predicted molar refractivity (Wildman–Crippen MR) is 92.4 cm³/mol. The van der Waals surface area contributed by atoms with E-state index in [4.69, 9.17) is 0 Å². The predicted octanol–water partition coefficient (Wildman–Crippen LogP) is 2.18. The molecule has 1 aliphatic heterocycles. The summed E-state index contributed by atoms with van der Waals surface area (Å²) < 4.78 is 1.74. The smallest absolute Gasteiger partial charge is 0.326 e. The number of imidazole rings is 1. The molecule has 0 unspecified atom stereocenters. The molecule has 1 saturated heterocycles. The van der Waals surface area contributed by atoms with Crippen molar-refractivity contribution in [3.05, 3.63) is 28.7 Å². The number of urea groups is 1. The highest BCUT2D eigenvalue weighted by Gasteiger charge is 2.27. The van der Waals surface area contributed by atoms with Crippen LogP contribution in [0, 0.1) is 0 Å². The Kier molecular flexibility index (Phi) is 4.03. The van der Waals surface area contributed by atoms with E-state index >= 15 is 0 Å². The number of nitrogens with one attached hydrogen (secondary N) is 2. The van der Waals surface area contributed by atoms with Gasteiger partial charge >= 0.3 is 11.7 Å². The number of likely N-dealkylation sites (tertiary alicyclic amines) is 1. The van der Waals surface area contributed by atoms with Crippen LogP contribution < -0.4 is 11.0 Å². The molecule has 0 saturated carbocycles. The minimum atomic E-state index is -0.260. The zero-order chi connectivity index (χ0) is 17.5. The molecule has 0 radical (unpaired) electrons. The third-order valence-corrected chi connectivity index (χ3v) is 4.30. The normalized spacial score (nSPS) is 16.5. The largest absolute Gasteiger partial charge is 0.508 e. The summed E-state index contributed by atoms with van der Waals surface area (Å²) >= 11 is 0. The molecule has 2 aromatic rings. The summed E-state index contributed by atoms with van der Waals surface area (Å²) in [5.41, 5.74) is 0.987. The Hall–Kier alpha value is -2.44. The van der Waals surface area contributed by atoms with E-state index in [1.165, 1.54) is 0 Å². The number of aromatic nitrogens is 2. The fraction of sp³-hybridized carbons (Fsp3) is 0.529. The van der Waals surface area contributed by atoms with E-state index in [0.717, 1.165) is 18.4 Å². The molecule has 1 aromatic carbocycles. The van der Waals surface area contributed by atoms with Crippen LogP contribution in [-0.4, -0.2) is 44.2 Å². The highest BCUT2D eigenvalue weighted by atomic mass is 16.3. The third-order valence-electron chi connectivity index (χ3n) is 4.30. The Morgan fingerprint density at radius 2 is 1.96 bits per heavy atom. The van der Waals surface area contributed by atoms with Gasteiger partial charge < -0.3 is 20.3 Å². The molecule has 7 heteroatoms. The van der Waals surface area contributed by atoms with Gasteiger partial charge in [0.15, 0.2) is 0 Å². The maximum atomic E-state index is 12.3. The van der Waals surface area contributed by atoms with Crippen LogP contribution >= 0.6 is 0 Å². The van der Waals surface area contributed by atoms with Crippen LogP contribution in [0.2, 0.25) is 0 Å². The number of piperidine rings is 1. The average Bonchev–Trinajstić information content (AvgIpc) is 2.80. The van der Waals surface area contributed by atoms with Crippen LogP contribution in [-0.2, 0) is 0 Å². The number of hydrogen-bond acceptors (Lipinski definition) is 3. The zero-order valence-corrected chi connectivity index (χ0v) is 14.3. The Morgan fingerprint density at radius 3 is 2.58 bits per heavy atom. The molecule has 3 rings (SSSR count). The van der Waals surface area contributed by atoms with Crippen LogP contribution in [0.5, 0.6) is 5.75 Å². The fourth-order valence-electron chi connectivity index (χ4n) is 3.21. The van der Waals surface area contributed by atoms with Crippen molar-refractivity contribution in [2.75, 3.05) is 13.1 Å². The number of fused-ring (bicyclic) bond motifs is 1. The van der Waals surface area contributed by atoms with Crippen molar-refractivity contribution in [2.24, 2.45) is 0 Å². The lowest BCUT2D eigenvalue weighted by Gasteiger charge is -2.34. The monoisotopic (exact) mass is 332 g/mol. The quantitative estimate of drug-likeness (QED) is 0.747. The van der Waals surface area contributed by atoms with Crippen molar-refractivity contribution >= 4 is 17.1 Å². The molecule has 1 aliphatic rings. The number of phenols is 1. The van der Waals surface area contributed by atoms with Crippen molar-refractivity contribution in [1.82, 2.24) is 19.8 Å². The second-order valence-corrected chi connectivity index (χ2v) is 7.40. The van der Waals surface area contributed by atoms with E-state index in [-0.39, 0.29) is 29.1 Å². The van der Waals surface area contributed by atoms with Gasteiger partial charge in [0.2, 0.25) is 0 Å². The number of carbonyl (C=O) groups is 1. The summed E-state index contributed by atoms with van der Waals surface area (Å²) in [6.07, 6.45) is 1.45. The van der Waals surface area contributed by atoms with E-state index in [1.54, 1.807) is 27.7 Å². The minimum absolute atomic E-state index is 0.0504. The second-order valence-electron chi connectivity index (χ2n) is 7.40. The van der Waals surface area contributed by atoms with Crippen LogP contribution in [0.15, 0.2) is 23.0 Å². The lowest BCUT2D eigenvalue weighted by molar-refractivity contribution is 0.164. The van der Waals surface area contributed by atoms with Gasteiger partial charge in [-0.15, -0.1) is 0 Å². The van der Waals surface area contributed by atoms with Crippen LogP contribution in [0.25, 0.3) is 11.0 Å². The topological polar surface area (TPSA) is 90.4 Å². The van der Waals surface area contributed by atoms with Gasteiger partial charge in [-0.05, 0) is 45.7 Å². The molecule has 0 atom stereocenters. The summed E-state index contributed by atoms with van der Waals surface area (Å²) in [4.78, 5) is 29.1. The Labute approximate surface area is 140 Å². The first-order valence-electron chi connectivity index (χ1n) is 8.25. The maximum Gasteiger partial charge on any atom is 0.326 e. The number of H-pyrrole nitrogens is 1. The van der Waals surface area contributed by atoms with Gasteiger partial charge in [-0.1, -0.05) is 0 Å². The number of amides is 2. The number of carbonyl (C=O) groups excluding carboxylic acids is 1. The van der Waals surface area contributed by atoms with Gasteiger partial charge in [0, 0.05) is 30.7 Å². The van der Waals surface area contributed by atoms with Crippen LogP contribution in [0.4, 0.5) is 4.79 Å². The van der Waals surface area contributed by atoms with Gasteiger partial charge in [0.05, 0.1) is 11.0 Å². The molecule has 1 fully saturated rings. The number of aromatic hydroxyl groups is 1. The first-order chi connectivity index (χ1) is 11.2. The van der Waals surface area contributed by atoms with E-state index in [1.807, 2.05) is 20.8 Å². The number of hydrogen-bond donors (Lipinski definition) is 3. The molecule has 1 aromatic heterocycles. The molecule has 24 heavy (non-hydrogen) atoms. The molecule has 0 bridgehead atoms. The molecule has 0 aliphatic carbocycles. The first-order valence-corrected chi connectivity index (χ1v) is 8.25. The summed E-state index contributed by atoms with van der Waals surface area (Å²) in [5, 5.41) is 12.5. The maximum absolute atomic E-state index is 12.3. The van der Waals surface area contributed by atoms with Crippen molar-refractivity contribution in [3.8, 4) is 5.75 Å². The van der Waals surface area contributed by atoms with Crippen molar-refractivity contribution in [2.45, 2.75) is 45.2 Å². The molecule has 2 heterocycles. The molecule has 7 nitrogen and oxygen atoms in total. The highest BCUT2D eigenvalue weighted by molar-refractivity contribution is 5.77. The van der Waals surface area contributed by atoms with Gasteiger partial charge in [-0.2, -0.15) is 0 Å². The van der Waals surface area contributed by atoms with E-state index < -0.39 is 0 Å². The summed E-state index contributed by atoms with van der Waals surface area (Å²) in [6, 6.07) is 4.88. The van der Waals surface area contributed by atoms with Gasteiger partial charge in [0.1, 0.15) is 5.75 Å². The van der Waals surface area contributed by atoms with E-state index in [9.17, 15) is 14.7 Å². The molecule has 0 spiro atoms. The molecule has 2 amide bonds. The van der Waals surface area contributed by atoms with Gasteiger partial charge in [-0.25, -0.2) is 9.59 Å². The number of phenolic OH excluding ortho intramolecular Hbond substituents is 1. The van der Waals surface area contributed by atoms with Crippen molar-refractivity contribution in [1.29, 1.82) is 0 Å². The first kappa shape index (κ1) is 16.4. The van der Waals surface area contributed by atoms with E-state index in [2.05, 4.69) is 10.3 Å². The highest BCUT2D eigenvalue weighted by Crippen LogP contribution is 2.26. The molecular weight excluding hydrogens is 308 g/mol. The second kappa shape index (κ2) is 5.89. The molecular formula is C17H24N4O3. The van der Waals surface area contributed by atoms with Gasteiger partial charge in [0.25, 0.3) is 0 Å². The minimum Gasteiger partial charge on any atom is -0.508 e. The summed E-state index contributed by atoms with van der Waals surface area (Å²) in [5.74, 6) is 0.129. The fourth-order valence-corrected chi connectivity index (χ4v) is 3.21. The SMILES string of the molecule is CC(C)(C)NC(=O)N1CCC(n2c(=O)[nH]c3cc(O)ccc32)CC1. The van der Waals surface area contributed by atoms with Crippen molar-refractivity contribution in [3.63, 3.8) is 0 Å². The van der Waals surface area contributed by atoms with Gasteiger partial charge in [-0.3, -0.25) is 4.57 Å². The standard InChI is InChI=1S/C17H24N4O3/c1-17(2,3)19-16(24)20-8-6-11(7-9-20)21-14-5-4-12(22)10-13(14)18-15(21)23/h4-5,10-11,22H,6-9H2,1-3H3,(H,18,23)(H,19,24). The van der Waals surface area contributed by atoms with E-state index in [0.29, 0.717) is 18.6 Å². The average molecular weight is 332 g/mol. The van der Waals surface area contributed by atoms with Crippen LogP contribution in [0.1, 0.15) is 39.7 Å².